The van der Waals surface area contributed by atoms with Gasteiger partial charge in [-0.15, -0.1) is 0 Å². The highest BCUT2D eigenvalue weighted by Crippen LogP contribution is 1.84. The van der Waals surface area contributed by atoms with E-state index in [0.29, 0.717) is 5.57 Å². The van der Waals surface area contributed by atoms with Gasteiger partial charge in [0.05, 0.1) is 0 Å². The highest BCUT2D eigenvalue weighted by atomic mass is 16.2. The molecule has 0 saturated heterocycles. The van der Waals surface area contributed by atoms with Crippen molar-refractivity contribution >= 4 is 5.78 Å². The molecule has 54 valence electrons. The summed E-state index contributed by atoms with van der Waals surface area (Å²) in [6.07, 6.45) is 0. The zero-order chi connectivity index (χ0) is 7.86. The zero-order valence-corrected chi connectivity index (χ0v) is 6.27. The number of carbonyl (C=O) groups is 1. The Morgan fingerprint density at radius 3 is 1.67 bits per heavy atom. The van der Waals surface area contributed by atoms with Gasteiger partial charge in [0.15, 0.2) is 5.78 Å². The van der Waals surface area contributed by atoms with Crippen molar-refractivity contribution in [2.45, 2.75) is 20.8 Å². The Morgan fingerprint density at radius 2 is 1.67 bits per heavy atom. The van der Waals surface area contributed by atoms with Crippen molar-refractivity contribution in [1.82, 2.24) is 0 Å². The van der Waals surface area contributed by atoms with E-state index in [4.69, 9.17) is 5.11 Å². The van der Waals surface area contributed by atoms with Crippen LogP contribution in [0, 0.1) is 0 Å². The van der Waals surface area contributed by atoms with Crippen LogP contribution in [0.3, 0.4) is 0 Å². The Morgan fingerprint density at radius 1 is 1.56 bits per heavy atom. The van der Waals surface area contributed by atoms with Gasteiger partial charge >= 0.3 is 0 Å². The van der Waals surface area contributed by atoms with E-state index in [1.54, 1.807) is 13.8 Å². The number of hydrogen-bond donors (Lipinski definition) is 1. The Bertz CT molecular complexity index is 83.1. The van der Waals surface area contributed by atoms with E-state index in [9.17, 15) is 4.79 Å². The van der Waals surface area contributed by atoms with Gasteiger partial charge < -0.3 is 5.11 Å². The Labute approximate surface area is 56.2 Å². The molecular formula is C7H14O2. The highest BCUT2D eigenvalue weighted by Gasteiger charge is 1.85. The highest BCUT2D eigenvalue weighted by molar-refractivity contribution is 5.91. The van der Waals surface area contributed by atoms with Crippen LogP contribution < -0.4 is 0 Å². The van der Waals surface area contributed by atoms with Crippen LogP contribution in [0.4, 0.5) is 0 Å². The molecule has 0 radical (unpaired) electrons. The van der Waals surface area contributed by atoms with Crippen molar-refractivity contribution in [3.63, 3.8) is 0 Å². The summed E-state index contributed by atoms with van der Waals surface area (Å²) < 4.78 is 0. The molecule has 0 fully saturated rings. The molecule has 0 bridgehead atoms. The van der Waals surface area contributed by atoms with Gasteiger partial charge in [-0.1, -0.05) is 6.58 Å². The quantitative estimate of drug-likeness (QED) is 0.540. The zero-order valence-electron chi connectivity index (χ0n) is 6.27. The SMILES string of the molecule is C=C(C)C(C)=O.CCO. The van der Waals surface area contributed by atoms with Crippen molar-refractivity contribution < 1.29 is 9.90 Å². The van der Waals surface area contributed by atoms with Crippen molar-refractivity contribution in [3.05, 3.63) is 12.2 Å². The molecule has 0 saturated carbocycles. The van der Waals surface area contributed by atoms with E-state index < -0.39 is 0 Å². The summed E-state index contributed by atoms with van der Waals surface area (Å²) in [4.78, 5) is 10.0. The number of aliphatic hydroxyl groups is 1. The van der Waals surface area contributed by atoms with E-state index in [-0.39, 0.29) is 12.4 Å². The second-order valence-corrected chi connectivity index (χ2v) is 1.65. The lowest BCUT2D eigenvalue weighted by molar-refractivity contribution is -0.113. The van der Waals surface area contributed by atoms with Crippen LogP contribution in [-0.4, -0.2) is 17.5 Å². The van der Waals surface area contributed by atoms with Crippen LogP contribution in [0.2, 0.25) is 0 Å². The molecule has 0 aliphatic heterocycles. The smallest absolute Gasteiger partial charge is 0.154 e. The molecule has 0 heterocycles. The van der Waals surface area contributed by atoms with Gasteiger partial charge in [-0.05, 0) is 26.3 Å². The molecule has 0 rings (SSSR count). The first kappa shape index (κ1) is 11.2. The summed E-state index contributed by atoms with van der Waals surface area (Å²) in [6.45, 7) is 8.53. The third-order valence-corrected chi connectivity index (χ3v) is 0.601. The van der Waals surface area contributed by atoms with Crippen molar-refractivity contribution in [1.29, 1.82) is 0 Å². The lowest BCUT2D eigenvalue weighted by Gasteiger charge is -1.80. The number of aliphatic hydroxyl groups excluding tert-OH is 1. The fourth-order valence-electron chi connectivity index (χ4n) is 0. The maximum Gasteiger partial charge on any atom is 0.154 e. The van der Waals surface area contributed by atoms with Gasteiger partial charge in [-0.3, -0.25) is 4.79 Å². The number of allylic oxidation sites excluding steroid dienone is 1. The standard InChI is InChI=1S/C5H8O.C2H6O/c1-4(2)5(3)6;1-2-3/h1H2,2-3H3;3H,2H2,1H3. The largest absolute Gasteiger partial charge is 0.397 e. The Kier molecular flexibility index (Phi) is 9.18. The summed E-state index contributed by atoms with van der Waals surface area (Å²) in [6, 6.07) is 0. The van der Waals surface area contributed by atoms with E-state index in [2.05, 4.69) is 6.58 Å². The summed E-state index contributed by atoms with van der Waals surface area (Å²) in [7, 11) is 0. The molecule has 2 nitrogen and oxygen atoms in total. The predicted molar refractivity (Wildman–Crippen MR) is 38.3 cm³/mol. The average Bonchev–Trinajstić information content (AvgIpc) is 1.68. The molecule has 2 heteroatoms. The van der Waals surface area contributed by atoms with Crippen LogP contribution in [0.25, 0.3) is 0 Å². The first-order valence-electron chi connectivity index (χ1n) is 2.83. The maximum absolute atomic E-state index is 10.0. The normalized spacial score (nSPS) is 7.11. The summed E-state index contributed by atoms with van der Waals surface area (Å²) in [5, 5.41) is 7.57. The Balaban J connectivity index is 0. The predicted octanol–water partition coefficient (Wildman–Crippen LogP) is 1.15. The summed E-state index contributed by atoms with van der Waals surface area (Å²) in [5.41, 5.74) is 0.620. The molecule has 1 N–H and O–H groups in total. The molecule has 0 amide bonds. The molecule has 0 atom stereocenters. The van der Waals surface area contributed by atoms with E-state index >= 15 is 0 Å². The number of Topliss-reactive ketones (excluding diaryl/α,β-unsaturated/α-hetero) is 1. The summed E-state index contributed by atoms with van der Waals surface area (Å²) >= 11 is 0. The number of carbonyl (C=O) groups excluding carboxylic acids is 1. The van der Waals surface area contributed by atoms with E-state index in [1.807, 2.05) is 0 Å². The maximum atomic E-state index is 10.0. The molecule has 0 aliphatic rings. The lowest BCUT2D eigenvalue weighted by atomic mass is 10.3. The van der Waals surface area contributed by atoms with Gasteiger partial charge in [-0.2, -0.15) is 0 Å². The minimum absolute atomic E-state index is 0.0648. The molecule has 0 aromatic heterocycles. The van der Waals surface area contributed by atoms with Gasteiger partial charge in [0.2, 0.25) is 0 Å². The first-order chi connectivity index (χ1) is 4.06. The van der Waals surface area contributed by atoms with Crippen molar-refractivity contribution in [2.75, 3.05) is 6.61 Å². The van der Waals surface area contributed by atoms with Crippen LogP contribution in [-0.2, 0) is 4.79 Å². The molecular weight excluding hydrogens is 116 g/mol. The van der Waals surface area contributed by atoms with Crippen LogP contribution in [0.1, 0.15) is 20.8 Å². The van der Waals surface area contributed by atoms with Crippen LogP contribution >= 0.6 is 0 Å². The van der Waals surface area contributed by atoms with E-state index in [0.717, 1.165) is 0 Å². The number of hydrogen-bond acceptors (Lipinski definition) is 2. The minimum Gasteiger partial charge on any atom is -0.397 e. The first-order valence-corrected chi connectivity index (χ1v) is 2.83. The fourth-order valence-corrected chi connectivity index (χ4v) is 0. The summed E-state index contributed by atoms with van der Waals surface area (Å²) in [5.74, 6) is 0.0648. The third-order valence-electron chi connectivity index (χ3n) is 0.601. The monoisotopic (exact) mass is 130 g/mol. The molecule has 9 heavy (non-hydrogen) atoms. The fraction of sp³-hybridized carbons (Fsp3) is 0.571. The average molecular weight is 130 g/mol. The van der Waals surface area contributed by atoms with Crippen molar-refractivity contribution in [2.24, 2.45) is 0 Å². The minimum atomic E-state index is 0.0648. The van der Waals surface area contributed by atoms with Gasteiger partial charge in [-0.25, -0.2) is 0 Å². The third kappa shape index (κ3) is 18.7. The van der Waals surface area contributed by atoms with Crippen LogP contribution in [0.5, 0.6) is 0 Å². The van der Waals surface area contributed by atoms with Gasteiger partial charge in [0, 0.05) is 6.61 Å². The van der Waals surface area contributed by atoms with Crippen molar-refractivity contribution in [3.8, 4) is 0 Å². The molecule has 0 aromatic rings. The lowest BCUT2D eigenvalue weighted by Crippen LogP contribution is -1.86. The van der Waals surface area contributed by atoms with Gasteiger partial charge in [0.1, 0.15) is 0 Å². The van der Waals surface area contributed by atoms with E-state index in [1.165, 1.54) is 6.92 Å². The molecule has 0 aliphatic carbocycles. The van der Waals surface area contributed by atoms with Crippen LogP contribution in [0.15, 0.2) is 12.2 Å². The second-order valence-electron chi connectivity index (χ2n) is 1.65. The molecule has 0 aromatic carbocycles. The number of rotatable bonds is 1. The van der Waals surface area contributed by atoms with Gasteiger partial charge in [0.25, 0.3) is 0 Å². The molecule has 0 spiro atoms. The molecule has 0 unspecified atom stereocenters. The second kappa shape index (κ2) is 7.37. The number of ketones is 1. The Hall–Kier alpha value is -0.630. The topological polar surface area (TPSA) is 37.3 Å².